The van der Waals surface area contributed by atoms with Gasteiger partial charge < -0.3 is 15.4 Å². The van der Waals surface area contributed by atoms with Gasteiger partial charge in [-0.2, -0.15) is 0 Å². The molecule has 1 unspecified atom stereocenters. The van der Waals surface area contributed by atoms with E-state index in [9.17, 15) is 9.18 Å². The molecule has 38 heavy (non-hydrogen) atoms. The SMILES string of the molecule is Cc1ccc(OC([SiH3])[C@@H]2CCN2)cc1C(=O)NC1(c2cc(-c3ccc(F)c(Cl)c3)cc3ncccc23)CC1. The van der Waals surface area contributed by atoms with Gasteiger partial charge in [0.05, 0.1) is 32.0 Å². The molecule has 0 bridgehead atoms. The Kier molecular flexibility index (Phi) is 6.46. The van der Waals surface area contributed by atoms with E-state index < -0.39 is 11.4 Å². The lowest BCUT2D eigenvalue weighted by atomic mass is 9.93. The number of amides is 1. The van der Waals surface area contributed by atoms with Crippen LogP contribution in [0.5, 0.6) is 5.75 Å². The predicted octanol–water partition coefficient (Wildman–Crippen LogP) is 4.85. The van der Waals surface area contributed by atoms with Crippen LogP contribution < -0.4 is 15.4 Å². The number of nitrogens with one attached hydrogen (secondary N) is 2. The standard InChI is InChI=1S/C30H29ClFN3O2Si/c1-17-4-6-20(37-29(38)26-8-12-34-26)16-22(17)28(36)35-30(9-10-30)23-13-19(15-27-21(23)3-2-11-33-27)18-5-7-25(32)24(31)14-18/h2-7,11,13-16,26,29,34H,8-10,12H2,1,38H3,(H,35,36)/t26-,29?/m0/s1. The summed E-state index contributed by atoms with van der Waals surface area (Å²) < 4.78 is 20.0. The average molecular weight is 546 g/mol. The molecule has 8 heteroatoms. The Hall–Kier alpha value is -3.26. The number of fused-ring (bicyclic) bond motifs is 1. The average Bonchev–Trinajstić information content (AvgIpc) is 3.65. The molecule has 5 nitrogen and oxygen atoms in total. The molecule has 3 aromatic carbocycles. The van der Waals surface area contributed by atoms with Gasteiger partial charge >= 0.3 is 0 Å². The van der Waals surface area contributed by atoms with Crippen LogP contribution in [0.15, 0.2) is 66.9 Å². The molecular weight excluding hydrogens is 517 g/mol. The van der Waals surface area contributed by atoms with E-state index in [1.807, 2.05) is 43.3 Å². The van der Waals surface area contributed by atoms with Crippen molar-refractivity contribution in [3.63, 3.8) is 0 Å². The molecule has 2 N–H and O–H groups in total. The summed E-state index contributed by atoms with van der Waals surface area (Å²) in [5.41, 5.74) is 4.68. The third-order valence-corrected chi connectivity index (χ3v) is 9.13. The Morgan fingerprint density at radius 2 is 2.00 bits per heavy atom. The van der Waals surface area contributed by atoms with Gasteiger partial charge in [0.25, 0.3) is 5.91 Å². The number of rotatable bonds is 7. The number of halogens is 2. The largest absolute Gasteiger partial charge is 0.494 e. The summed E-state index contributed by atoms with van der Waals surface area (Å²) in [6.07, 6.45) is 4.52. The van der Waals surface area contributed by atoms with Gasteiger partial charge in [-0.05, 0) is 97.4 Å². The second-order valence-corrected chi connectivity index (χ2v) is 12.0. The Balaban J connectivity index is 1.33. The fraction of sp³-hybridized carbons (Fsp3) is 0.267. The van der Waals surface area contributed by atoms with Crippen LogP contribution in [0.1, 0.15) is 40.7 Å². The maximum atomic E-state index is 13.8. The Labute approximate surface area is 229 Å². The van der Waals surface area contributed by atoms with Crippen LogP contribution in [0.3, 0.4) is 0 Å². The van der Waals surface area contributed by atoms with E-state index in [2.05, 4.69) is 21.7 Å². The first-order valence-corrected chi connectivity index (χ1v) is 14.5. The number of benzene rings is 3. The van der Waals surface area contributed by atoms with E-state index in [1.165, 1.54) is 6.07 Å². The summed E-state index contributed by atoms with van der Waals surface area (Å²) in [5, 5.41) is 7.81. The number of aromatic nitrogens is 1. The first-order chi connectivity index (χ1) is 18.3. The zero-order valence-corrected chi connectivity index (χ0v) is 24.1. The van der Waals surface area contributed by atoms with Crippen molar-refractivity contribution in [2.24, 2.45) is 0 Å². The van der Waals surface area contributed by atoms with Crippen LogP contribution in [0.4, 0.5) is 4.39 Å². The van der Waals surface area contributed by atoms with Crippen LogP contribution in [-0.4, -0.2) is 39.4 Å². The minimum absolute atomic E-state index is 0.0715. The summed E-state index contributed by atoms with van der Waals surface area (Å²) in [4.78, 5) is 18.2. The number of hydrogen-bond acceptors (Lipinski definition) is 4. The number of ether oxygens (including phenoxy) is 1. The van der Waals surface area contributed by atoms with Crippen LogP contribution in [0.2, 0.25) is 5.02 Å². The van der Waals surface area contributed by atoms with E-state index in [4.69, 9.17) is 16.3 Å². The molecule has 194 valence electrons. The fourth-order valence-corrected chi connectivity index (χ4v) is 6.24. The second kappa shape index (κ2) is 9.80. The molecule has 2 aliphatic rings. The first-order valence-electron chi connectivity index (χ1n) is 13.0. The lowest BCUT2D eigenvalue weighted by molar-refractivity contribution is 0.0929. The Bertz CT molecular complexity index is 1550. The highest BCUT2D eigenvalue weighted by Crippen LogP contribution is 2.49. The highest BCUT2D eigenvalue weighted by Gasteiger charge is 2.47. The molecule has 0 spiro atoms. The number of carbonyl (C=O) groups excluding carboxylic acids is 1. The van der Waals surface area contributed by atoms with E-state index in [0.29, 0.717) is 11.6 Å². The van der Waals surface area contributed by atoms with Gasteiger partial charge in [0.1, 0.15) is 11.6 Å². The van der Waals surface area contributed by atoms with Crippen molar-refractivity contribution in [2.75, 3.05) is 6.54 Å². The summed E-state index contributed by atoms with van der Waals surface area (Å²) in [5.74, 6) is 0.149. The molecule has 6 rings (SSSR count). The number of pyridine rings is 1. The van der Waals surface area contributed by atoms with Gasteiger partial charge in [0.2, 0.25) is 0 Å². The molecule has 1 saturated carbocycles. The molecule has 2 atom stereocenters. The Morgan fingerprint density at radius 1 is 1.18 bits per heavy atom. The molecule has 2 heterocycles. The second-order valence-electron chi connectivity index (χ2n) is 10.4. The summed E-state index contributed by atoms with van der Waals surface area (Å²) in [7, 11) is 0.906. The zero-order chi connectivity index (χ0) is 26.4. The topological polar surface area (TPSA) is 63.2 Å². The highest BCUT2D eigenvalue weighted by atomic mass is 35.5. The summed E-state index contributed by atoms with van der Waals surface area (Å²) in [6, 6.07) is 18.9. The molecule has 0 radical (unpaired) electrons. The number of aryl methyl sites for hydroxylation is 1. The van der Waals surface area contributed by atoms with Gasteiger partial charge in [-0.1, -0.05) is 29.8 Å². The van der Waals surface area contributed by atoms with E-state index in [-0.39, 0.29) is 16.7 Å². The number of hydrogen-bond donors (Lipinski definition) is 2. The normalized spacial score (nSPS) is 18.6. The molecule has 4 aromatic rings. The van der Waals surface area contributed by atoms with E-state index in [0.717, 1.165) is 75.0 Å². The summed E-state index contributed by atoms with van der Waals surface area (Å²) >= 11 is 6.09. The van der Waals surface area contributed by atoms with Crippen LogP contribution >= 0.6 is 11.6 Å². The van der Waals surface area contributed by atoms with Gasteiger partial charge in [-0.25, -0.2) is 4.39 Å². The van der Waals surface area contributed by atoms with Crippen molar-refractivity contribution >= 4 is 38.7 Å². The zero-order valence-electron chi connectivity index (χ0n) is 21.4. The van der Waals surface area contributed by atoms with Crippen molar-refractivity contribution in [1.29, 1.82) is 0 Å². The molecule has 1 aliphatic carbocycles. The molecule has 1 amide bonds. The summed E-state index contributed by atoms with van der Waals surface area (Å²) in [6.45, 7) is 2.98. The van der Waals surface area contributed by atoms with Crippen molar-refractivity contribution in [2.45, 2.75) is 43.5 Å². The van der Waals surface area contributed by atoms with E-state index in [1.54, 1.807) is 18.3 Å². The minimum atomic E-state index is -0.502. The van der Waals surface area contributed by atoms with Gasteiger partial charge in [-0.15, -0.1) is 0 Å². The highest BCUT2D eigenvalue weighted by molar-refractivity contribution is 6.31. The minimum Gasteiger partial charge on any atom is -0.494 e. The van der Waals surface area contributed by atoms with Gasteiger partial charge in [0.15, 0.2) is 0 Å². The number of nitrogens with zero attached hydrogens (tertiary/aromatic N) is 1. The smallest absolute Gasteiger partial charge is 0.252 e. The number of carbonyl (C=O) groups is 1. The van der Waals surface area contributed by atoms with Gasteiger partial charge in [-0.3, -0.25) is 9.78 Å². The molecule has 1 aromatic heterocycles. The molecular formula is C30H29ClFN3O2Si. The molecule has 2 fully saturated rings. The monoisotopic (exact) mass is 545 g/mol. The maximum Gasteiger partial charge on any atom is 0.252 e. The molecule has 1 saturated heterocycles. The van der Waals surface area contributed by atoms with Crippen molar-refractivity contribution in [3.8, 4) is 16.9 Å². The quantitative estimate of drug-likeness (QED) is 0.326. The van der Waals surface area contributed by atoms with Crippen LogP contribution in [0.25, 0.3) is 22.0 Å². The lowest BCUT2D eigenvalue weighted by Gasteiger charge is -2.33. The van der Waals surface area contributed by atoms with Crippen molar-refractivity contribution < 1.29 is 13.9 Å². The maximum absolute atomic E-state index is 13.8. The Morgan fingerprint density at radius 3 is 2.71 bits per heavy atom. The van der Waals surface area contributed by atoms with Crippen LogP contribution in [-0.2, 0) is 5.54 Å². The lowest BCUT2D eigenvalue weighted by Crippen LogP contribution is -2.53. The van der Waals surface area contributed by atoms with Crippen molar-refractivity contribution in [3.05, 3.63) is 94.4 Å². The fourth-order valence-electron chi connectivity index (χ4n) is 5.22. The molecule has 1 aliphatic heterocycles. The predicted molar refractivity (Wildman–Crippen MR) is 152 cm³/mol. The van der Waals surface area contributed by atoms with Gasteiger partial charge in [0, 0.05) is 23.2 Å². The van der Waals surface area contributed by atoms with Crippen molar-refractivity contribution in [1.82, 2.24) is 15.6 Å². The third kappa shape index (κ3) is 4.70. The van der Waals surface area contributed by atoms with E-state index >= 15 is 0 Å². The van der Waals surface area contributed by atoms with Crippen LogP contribution in [0, 0.1) is 12.7 Å². The third-order valence-electron chi connectivity index (χ3n) is 7.80. The first kappa shape index (κ1) is 25.0.